The lowest BCUT2D eigenvalue weighted by molar-refractivity contribution is 0.0785. The Bertz CT molecular complexity index is 477. The van der Waals surface area contributed by atoms with Gasteiger partial charge in [-0.3, -0.25) is 4.79 Å². The number of para-hydroxylation sites is 1. The van der Waals surface area contributed by atoms with Crippen LogP contribution in [0.15, 0.2) is 36.9 Å². The van der Waals surface area contributed by atoms with E-state index in [4.69, 9.17) is 10.5 Å². The van der Waals surface area contributed by atoms with E-state index in [1.807, 2.05) is 12.1 Å². The Balaban J connectivity index is 0.00000441. The zero-order valence-corrected chi connectivity index (χ0v) is 14.4. The number of benzene rings is 1. The van der Waals surface area contributed by atoms with E-state index >= 15 is 0 Å². The third kappa shape index (κ3) is 6.08. The first kappa shape index (κ1) is 20.5. The quantitative estimate of drug-likeness (QED) is 0.747. The van der Waals surface area contributed by atoms with Crippen molar-refractivity contribution >= 4 is 18.3 Å². The summed E-state index contributed by atoms with van der Waals surface area (Å²) >= 11 is 0. The summed E-state index contributed by atoms with van der Waals surface area (Å²) in [6.07, 6.45) is 2.45. The van der Waals surface area contributed by atoms with Gasteiger partial charge in [0.05, 0.1) is 5.56 Å². The minimum absolute atomic E-state index is 0. The molecule has 0 aliphatic rings. The number of rotatable bonds is 8. The Hall–Kier alpha value is -1.52. The predicted molar refractivity (Wildman–Crippen MR) is 93.8 cm³/mol. The summed E-state index contributed by atoms with van der Waals surface area (Å²) in [7, 11) is 1.79. The normalized spacial score (nSPS) is 11.5. The molecule has 4 nitrogen and oxygen atoms in total. The lowest BCUT2D eigenvalue weighted by atomic mass is 10.0. The summed E-state index contributed by atoms with van der Waals surface area (Å²) in [5.41, 5.74) is 6.59. The molecule has 1 rings (SSSR count). The summed E-state index contributed by atoms with van der Waals surface area (Å²) < 4.78 is 5.53. The fraction of sp³-hybridized carbons (Fsp3) is 0.471. The molecule has 0 spiro atoms. The van der Waals surface area contributed by atoms with Crippen LogP contribution < -0.4 is 10.5 Å². The maximum atomic E-state index is 12.5. The van der Waals surface area contributed by atoms with Gasteiger partial charge < -0.3 is 15.4 Å². The number of nitrogens with zero attached hydrogens (tertiary/aromatic N) is 1. The van der Waals surface area contributed by atoms with Crippen LogP contribution in [0.4, 0.5) is 0 Å². The molecule has 0 fully saturated rings. The molecule has 0 aliphatic heterocycles. The van der Waals surface area contributed by atoms with Crippen molar-refractivity contribution in [3.05, 3.63) is 42.5 Å². The molecule has 0 aromatic heterocycles. The van der Waals surface area contributed by atoms with Gasteiger partial charge in [0.25, 0.3) is 5.91 Å². The molecule has 22 heavy (non-hydrogen) atoms. The standard InChI is InChI=1S/C17H26N2O2.ClH/c1-5-12-21-16-9-7-6-8-14(16)17(20)19(4)11-10-15(18)13(2)3;/h5-9,13,15H,1,10-12,18H2,2-4H3;1H. The Morgan fingerprint density at radius 1 is 1.41 bits per heavy atom. The average molecular weight is 327 g/mol. The summed E-state index contributed by atoms with van der Waals surface area (Å²) in [6, 6.07) is 7.36. The molecule has 0 saturated heterocycles. The van der Waals surface area contributed by atoms with Crippen LogP contribution in [-0.4, -0.2) is 37.0 Å². The molecule has 1 atom stereocenters. The van der Waals surface area contributed by atoms with E-state index in [9.17, 15) is 4.79 Å². The molecule has 124 valence electrons. The third-order valence-electron chi connectivity index (χ3n) is 3.48. The van der Waals surface area contributed by atoms with Gasteiger partial charge in [-0.15, -0.1) is 12.4 Å². The highest BCUT2D eigenvalue weighted by Gasteiger charge is 2.17. The first-order chi connectivity index (χ1) is 9.97. The number of halogens is 1. The van der Waals surface area contributed by atoms with E-state index < -0.39 is 0 Å². The van der Waals surface area contributed by atoms with Crippen molar-refractivity contribution < 1.29 is 9.53 Å². The number of carbonyl (C=O) groups excluding carboxylic acids is 1. The van der Waals surface area contributed by atoms with Crippen LogP contribution in [0.5, 0.6) is 5.75 Å². The lowest BCUT2D eigenvalue weighted by Gasteiger charge is -2.22. The van der Waals surface area contributed by atoms with Gasteiger partial charge in [-0.1, -0.05) is 38.6 Å². The number of nitrogens with two attached hydrogens (primary N) is 1. The molecule has 0 heterocycles. The minimum atomic E-state index is -0.0504. The first-order valence-electron chi connectivity index (χ1n) is 7.31. The predicted octanol–water partition coefficient (Wildman–Crippen LogP) is 3.12. The number of hydrogen-bond acceptors (Lipinski definition) is 3. The number of carbonyl (C=O) groups is 1. The Morgan fingerprint density at radius 3 is 2.64 bits per heavy atom. The summed E-state index contributed by atoms with van der Waals surface area (Å²) in [5.74, 6) is 0.949. The van der Waals surface area contributed by atoms with Crippen LogP contribution in [0.3, 0.4) is 0 Å². The number of ether oxygens (including phenoxy) is 1. The molecule has 0 saturated carbocycles. The molecule has 1 unspecified atom stereocenters. The van der Waals surface area contributed by atoms with E-state index in [2.05, 4.69) is 20.4 Å². The van der Waals surface area contributed by atoms with E-state index in [0.717, 1.165) is 6.42 Å². The fourth-order valence-corrected chi connectivity index (χ4v) is 1.90. The first-order valence-corrected chi connectivity index (χ1v) is 7.31. The third-order valence-corrected chi connectivity index (χ3v) is 3.48. The Morgan fingerprint density at radius 2 is 2.05 bits per heavy atom. The second-order valence-electron chi connectivity index (χ2n) is 5.52. The van der Waals surface area contributed by atoms with E-state index in [1.54, 1.807) is 30.2 Å². The van der Waals surface area contributed by atoms with Crippen molar-refractivity contribution in [2.75, 3.05) is 20.2 Å². The highest BCUT2D eigenvalue weighted by atomic mass is 35.5. The lowest BCUT2D eigenvalue weighted by Crippen LogP contribution is -2.34. The van der Waals surface area contributed by atoms with Gasteiger partial charge in [-0.05, 0) is 24.5 Å². The SMILES string of the molecule is C=CCOc1ccccc1C(=O)N(C)CCC(N)C(C)C.Cl. The van der Waals surface area contributed by atoms with Gasteiger partial charge in [-0.25, -0.2) is 0 Å². The summed E-state index contributed by atoms with van der Waals surface area (Å²) in [6.45, 7) is 8.81. The summed E-state index contributed by atoms with van der Waals surface area (Å²) in [4.78, 5) is 14.2. The molecule has 5 heteroatoms. The van der Waals surface area contributed by atoms with Crippen molar-refractivity contribution in [1.29, 1.82) is 0 Å². The maximum absolute atomic E-state index is 12.5. The van der Waals surface area contributed by atoms with E-state index in [-0.39, 0.29) is 24.4 Å². The van der Waals surface area contributed by atoms with Crippen molar-refractivity contribution in [3.8, 4) is 5.75 Å². The Labute approximate surface area is 139 Å². The molecule has 0 bridgehead atoms. The van der Waals surface area contributed by atoms with Gasteiger partial charge in [-0.2, -0.15) is 0 Å². The van der Waals surface area contributed by atoms with Gasteiger partial charge in [0.15, 0.2) is 0 Å². The van der Waals surface area contributed by atoms with Crippen LogP contribution in [0, 0.1) is 5.92 Å². The summed E-state index contributed by atoms with van der Waals surface area (Å²) in [5, 5.41) is 0. The van der Waals surface area contributed by atoms with Crippen LogP contribution >= 0.6 is 12.4 Å². The van der Waals surface area contributed by atoms with Crippen molar-refractivity contribution in [1.82, 2.24) is 4.90 Å². The molecule has 1 aromatic rings. The molecule has 0 radical (unpaired) electrons. The van der Waals surface area contributed by atoms with E-state index in [0.29, 0.717) is 30.4 Å². The fourth-order valence-electron chi connectivity index (χ4n) is 1.90. The van der Waals surface area contributed by atoms with Crippen LogP contribution in [0.25, 0.3) is 0 Å². The Kier molecular flexibility index (Phi) is 9.54. The van der Waals surface area contributed by atoms with Crippen molar-refractivity contribution in [2.24, 2.45) is 11.7 Å². The largest absolute Gasteiger partial charge is 0.489 e. The smallest absolute Gasteiger partial charge is 0.257 e. The maximum Gasteiger partial charge on any atom is 0.257 e. The number of hydrogen-bond donors (Lipinski definition) is 1. The molecule has 1 amide bonds. The molecular weight excluding hydrogens is 300 g/mol. The van der Waals surface area contributed by atoms with Crippen LogP contribution in [0.2, 0.25) is 0 Å². The monoisotopic (exact) mass is 326 g/mol. The molecule has 0 aliphatic carbocycles. The van der Waals surface area contributed by atoms with Gasteiger partial charge in [0, 0.05) is 19.6 Å². The zero-order chi connectivity index (χ0) is 15.8. The van der Waals surface area contributed by atoms with Gasteiger partial charge in [0.1, 0.15) is 12.4 Å². The zero-order valence-electron chi connectivity index (χ0n) is 13.6. The topological polar surface area (TPSA) is 55.6 Å². The molecule has 2 N–H and O–H groups in total. The molecule has 1 aromatic carbocycles. The second-order valence-corrected chi connectivity index (χ2v) is 5.52. The van der Waals surface area contributed by atoms with Crippen molar-refractivity contribution in [2.45, 2.75) is 26.3 Å². The van der Waals surface area contributed by atoms with Crippen LogP contribution in [-0.2, 0) is 0 Å². The van der Waals surface area contributed by atoms with Crippen molar-refractivity contribution in [3.63, 3.8) is 0 Å². The second kappa shape index (κ2) is 10.2. The highest BCUT2D eigenvalue weighted by Crippen LogP contribution is 2.20. The van der Waals surface area contributed by atoms with Gasteiger partial charge >= 0.3 is 0 Å². The van der Waals surface area contributed by atoms with Gasteiger partial charge in [0.2, 0.25) is 0 Å². The van der Waals surface area contributed by atoms with Crippen LogP contribution in [0.1, 0.15) is 30.6 Å². The van der Waals surface area contributed by atoms with E-state index in [1.165, 1.54) is 0 Å². The number of amides is 1. The average Bonchev–Trinajstić information content (AvgIpc) is 2.49. The highest BCUT2D eigenvalue weighted by molar-refractivity contribution is 5.96. The molecular formula is C17H27ClN2O2. The minimum Gasteiger partial charge on any atom is -0.489 e.